The molecule has 3 nitrogen and oxygen atoms in total. The molecular weight excluding hydrogens is 222 g/mol. The van der Waals surface area contributed by atoms with Crippen LogP contribution in [-0.2, 0) is 0 Å². The Labute approximate surface area is 115 Å². The maximum absolute atomic E-state index is 4.00. The van der Waals surface area contributed by atoms with Crippen LogP contribution in [0.1, 0.15) is 85.5 Å². The van der Waals surface area contributed by atoms with Crippen molar-refractivity contribution in [3.8, 4) is 0 Å². The topological polar surface area (TPSA) is 64.1 Å². The lowest BCUT2D eigenvalue weighted by molar-refractivity contribution is 0.347. The Hall–Kier alpha value is -0.120. The van der Waals surface area contributed by atoms with Gasteiger partial charge in [0.2, 0.25) is 0 Å². The van der Waals surface area contributed by atoms with Gasteiger partial charge in [0.05, 0.1) is 0 Å². The Kier molecular flexibility index (Phi) is 16.8. The van der Waals surface area contributed by atoms with Gasteiger partial charge in [-0.1, -0.05) is 58.8 Å². The van der Waals surface area contributed by atoms with Gasteiger partial charge < -0.3 is 5.32 Å². The van der Waals surface area contributed by atoms with E-state index in [0.717, 1.165) is 6.54 Å². The minimum atomic E-state index is 0.347. The first-order chi connectivity index (χ1) is 8.62. The second kappa shape index (κ2) is 14.9. The third kappa shape index (κ3) is 15.9. The number of nitrogens with two attached hydrogens (primary N) is 2. The minimum Gasteiger partial charge on any atom is -0.312 e. The van der Waals surface area contributed by atoms with Crippen LogP contribution in [-0.4, -0.2) is 12.1 Å². The molecule has 0 aliphatic rings. The Bertz CT molecular complexity index is 147. The molecule has 0 radical (unpaired) electrons. The van der Waals surface area contributed by atoms with E-state index in [-0.39, 0.29) is 0 Å². The number of hydrogen-bond donors (Lipinski definition) is 3. The van der Waals surface area contributed by atoms with Crippen molar-refractivity contribution in [2.24, 2.45) is 11.7 Å². The highest BCUT2D eigenvalue weighted by Gasteiger charge is 2.14. The number of nitrogens with one attached hydrogen (secondary N) is 1. The molecule has 5 N–H and O–H groups in total. The Balaban J connectivity index is 0. The first kappa shape index (κ1) is 20.2. The fourth-order valence-corrected chi connectivity index (χ4v) is 2.08. The summed E-state index contributed by atoms with van der Waals surface area (Å²) in [4.78, 5) is 0. The van der Waals surface area contributed by atoms with Crippen LogP contribution >= 0.6 is 0 Å². The van der Waals surface area contributed by atoms with Crippen LogP contribution in [0.5, 0.6) is 0 Å². The van der Waals surface area contributed by atoms with Crippen molar-refractivity contribution in [1.29, 1.82) is 0 Å². The van der Waals surface area contributed by atoms with Gasteiger partial charge in [-0.15, -0.1) is 0 Å². The molecule has 0 fully saturated rings. The maximum Gasteiger partial charge on any atom is 0.0125 e. The highest BCUT2D eigenvalue weighted by molar-refractivity contribution is 4.76. The minimum absolute atomic E-state index is 0.347. The van der Waals surface area contributed by atoms with Gasteiger partial charge in [-0.2, -0.15) is 0 Å². The van der Waals surface area contributed by atoms with Crippen LogP contribution in [0.2, 0.25) is 0 Å². The van der Waals surface area contributed by atoms with Crippen LogP contribution in [0.25, 0.3) is 0 Å². The van der Waals surface area contributed by atoms with Crippen molar-refractivity contribution in [3.05, 3.63) is 0 Å². The summed E-state index contributed by atoms with van der Waals surface area (Å²) in [5, 5.41) is 3.62. The van der Waals surface area contributed by atoms with Crippen molar-refractivity contribution in [2.75, 3.05) is 6.54 Å². The second-order valence-electron chi connectivity index (χ2n) is 5.68. The average Bonchev–Trinajstić information content (AvgIpc) is 2.38. The van der Waals surface area contributed by atoms with Gasteiger partial charge in [0, 0.05) is 5.54 Å². The molecule has 3 heteroatoms. The average molecular weight is 259 g/mol. The summed E-state index contributed by atoms with van der Waals surface area (Å²) in [6, 6.07) is 0. The van der Waals surface area contributed by atoms with E-state index in [9.17, 15) is 0 Å². The molecule has 0 saturated heterocycles. The Morgan fingerprint density at radius 1 is 0.778 bits per heavy atom. The standard InChI is InChI=1S/C15H33N.H4N2/c1-5-7-8-9-10-11-12-13-15(3,4)16-14-6-2;1-2/h16H,5-14H2,1-4H3;1-2H2. The Morgan fingerprint density at radius 2 is 1.28 bits per heavy atom. The summed E-state index contributed by atoms with van der Waals surface area (Å²) < 4.78 is 0. The molecule has 0 aliphatic carbocycles. The molecule has 18 heavy (non-hydrogen) atoms. The lowest BCUT2D eigenvalue weighted by atomic mass is 9.96. The lowest BCUT2D eigenvalue weighted by Gasteiger charge is -2.26. The first-order valence-electron chi connectivity index (χ1n) is 7.70. The highest BCUT2D eigenvalue weighted by Crippen LogP contribution is 2.15. The molecule has 0 rings (SSSR count). The summed E-state index contributed by atoms with van der Waals surface area (Å²) in [6.07, 6.45) is 12.4. The van der Waals surface area contributed by atoms with Crippen LogP contribution in [0.3, 0.4) is 0 Å². The van der Waals surface area contributed by atoms with E-state index in [4.69, 9.17) is 0 Å². The van der Waals surface area contributed by atoms with Crippen molar-refractivity contribution >= 4 is 0 Å². The molecule has 0 amide bonds. The molecule has 0 aromatic carbocycles. The zero-order valence-corrected chi connectivity index (χ0v) is 13.2. The quantitative estimate of drug-likeness (QED) is 0.301. The van der Waals surface area contributed by atoms with Gasteiger partial charge in [0.25, 0.3) is 0 Å². The predicted molar refractivity (Wildman–Crippen MR) is 83.4 cm³/mol. The largest absolute Gasteiger partial charge is 0.312 e. The van der Waals surface area contributed by atoms with Gasteiger partial charge in [-0.3, -0.25) is 11.7 Å². The smallest absolute Gasteiger partial charge is 0.0125 e. The second-order valence-corrected chi connectivity index (χ2v) is 5.68. The van der Waals surface area contributed by atoms with Crippen molar-refractivity contribution < 1.29 is 0 Å². The van der Waals surface area contributed by atoms with E-state index in [2.05, 4.69) is 44.7 Å². The third-order valence-corrected chi connectivity index (χ3v) is 3.26. The van der Waals surface area contributed by atoms with Crippen LogP contribution in [0, 0.1) is 0 Å². The number of hydrazine groups is 1. The normalized spacial score (nSPS) is 11.0. The zero-order chi connectivity index (χ0) is 14.3. The molecule has 0 heterocycles. The van der Waals surface area contributed by atoms with Crippen LogP contribution in [0.4, 0.5) is 0 Å². The van der Waals surface area contributed by atoms with Gasteiger partial charge in [0.1, 0.15) is 0 Å². The fraction of sp³-hybridized carbons (Fsp3) is 1.00. The van der Waals surface area contributed by atoms with Gasteiger partial charge in [-0.05, 0) is 33.2 Å². The van der Waals surface area contributed by atoms with Crippen molar-refractivity contribution in [3.63, 3.8) is 0 Å². The van der Waals surface area contributed by atoms with Crippen LogP contribution < -0.4 is 17.0 Å². The highest BCUT2D eigenvalue weighted by atomic mass is 15.0. The molecule has 0 unspecified atom stereocenters. The predicted octanol–water partition coefficient (Wildman–Crippen LogP) is 3.72. The summed E-state index contributed by atoms with van der Waals surface area (Å²) >= 11 is 0. The van der Waals surface area contributed by atoms with Crippen molar-refractivity contribution in [1.82, 2.24) is 5.32 Å². The van der Waals surface area contributed by atoms with E-state index in [1.165, 1.54) is 57.8 Å². The van der Waals surface area contributed by atoms with Gasteiger partial charge in [-0.25, -0.2) is 0 Å². The van der Waals surface area contributed by atoms with E-state index >= 15 is 0 Å². The van der Waals surface area contributed by atoms with Crippen molar-refractivity contribution in [2.45, 2.75) is 91.0 Å². The molecule has 0 saturated carbocycles. The zero-order valence-electron chi connectivity index (χ0n) is 13.2. The molecule has 112 valence electrons. The number of hydrogen-bond acceptors (Lipinski definition) is 3. The molecular formula is C15H37N3. The molecule has 0 aromatic heterocycles. The SMILES string of the molecule is CCCCCCCCCC(C)(C)NCCC.NN. The molecule has 0 aliphatic heterocycles. The number of unbranched alkanes of at least 4 members (excludes halogenated alkanes) is 6. The van der Waals surface area contributed by atoms with E-state index in [1.54, 1.807) is 0 Å². The lowest BCUT2D eigenvalue weighted by Crippen LogP contribution is -2.39. The summed E-state index contributed by atoms with van der Waals surface area (Å²) in [5.74, 6) is 8.00. The summed E-state index contributed by atoms with van der Waals surface area (Å²) in [7, 11) is 0. The molecule has 0 spiro atoms. The summed E-state index contributed by atoms with van der Waals surface area (Å²) in [6.45, 7) is 10.3. The molecule has 0 atom stereocenters. The van der Waals surface area contributed by atoms with Gasteiger partial charge in [0.15, 0.2) is 0 Å². The first-order valence-corrected chi connectivity index (χ1v) is 7.70. The van der Waals surface area contributed by atoms with E-state index in [0.29, 0.717) is 5.54 Å². The molecule has 0 bridgehead atoms. The number of rotatable bonds is 11. The Morgan fingerprint density at radius 3 is 1.78 bits per heavy atom. The van der Waals surface area contributed by atoms with E-state index < -0.39 is 0 Å². The fourth-order valence-electron chi connectivity index (χ4n) is 2.08. The monoisotopic (exact) mass is 259 g/mol. The maximum atomic E-state index is 4.00. The van der Waals surface area contributed by atoms with E-state index in [1.807, 2.05) is 0 Å². The third-order valence-electron chi connectivity index (χ3n) is 3.26. The molecule has 0 aromatic rings. The van der Waals surface area contributed by atoms with Gasteiger partial charge >= 0.3 is 0 Å². The summed E-state index contributed by atoms with van der Waals surface area (Å²) in [5.41, 5.74) is 0.347. The van der Waals surface area contributed by atoms with Crippen LogP contribution in [0.15, 0.2) is 0 Å².